The molecule has 0 saturated heterocycles. The molecule has 1 aromatic heterocycles. The standard InChI is InChI=1S/C25H20N4O3S2/c30-22(16-11-18-7-3-1-4-8-18)27-24-28-29-25(34-24)33-17-23(31)26-19-12-14-21(15-13-19)32-20-9-5-2-6-10-20/h1-16H,17H2,(H,26,31)(H,27,28,30). The van der Waals surface area contributed by atoms with Crippen molar-refractivity contribution in [2.24, 2.45) is 0 Å². The van der Waals surface area contributed by atoms with Crippen LogP contribution >= 0.6 is 23.1 Å². The summed E-state index contributed by atoms with van der Waals surface area (Å²) in [5.41, 5.74) is 1.59. The van der Waals surface area contributed by atoms with Gasteiger partial charge < -0.3 is 10.1 Å². The van der Waals surface area contributed by atoms with Crippen LogP contribution in [0.5, 0.6) is 11.5 Å². The second-order valence-corrected chi connectivity index (χ2v) is 9.08. The van der Waals surface area contributed by atoms with Crippen LogP contribution in [0.1, 0.15) is 5.56 Å². The van der Waals surface area contributed by atoms with Crippen molar-refractivity contribution in [1.82, 2.24) is 10.2 Å². The van der Waals surface area contributed by atoms with Gasteiger partial charge in [0.15, 0.2) is 4.34 Å². The molecule has 7 nitrogen and oxygen atoms in total. The smallest absolute Gasteiger partial charge is 0.250 e. The van der Waals surface area contributed by atoms with Crippen molar-refractivity contribution in [3.05, 3.63) is 96.6 Å². The Labute approximate surface area is 204 Å². The Bertz CT molecular complexity index is 1260. The van der Waals surface area contributed by atoms with E-state index in [4.69, 9.17) is 4.74 Å². The van der Waals surface area contributed by atoms with Gasteiger partial charge in [-0.2, -0.15) is 0 Å². The summed E-state index contributed by atoms with van der Waals surface area (Å²) in [5.74, 6) is 1.12. The van der Waals surface area contributed by atoms with E-state index < -0.39 is 0 Å². The molecule has 0 atom stereocenters. The summed E-state index contributed by atoms with van der Waals surface area (Å²) in [6.07, 6.45) is 3.16. The molecule has 4 rings (SSSR count). The lowest BCUT2D eigenvalue weighted by Gasteiger charge is -2.07. The molecule has 2 N–H and O–H groups in total. The van der Waals surface area contributed by atoms with E-state index in [9.17, 15) is 9.59 Å². The highest BCUT2D eigenvalue weighted by molar-refractivity contribution is 8.01. The first kappa shape index (κ1) is 23.2. The minimum absolute atomic E-state index is 0.165. The Morgan fingerprint density at radius 2 is 1.53 bits per heavy atom. The average molecular weight is 489 g/mol. The number of amides is 2. The van der Waals surface area contributed by atoms with Crippen molar-refractivity contribution in [3.8, 4) is 11.5 Å². The molecule has 1 heterocycles. The zero-order valence-corrected chi connectivity index (χ0v) is 19.5. The number of carbonyl (C=O) groups excluding carboxylic acids is 2. The number of benzene rings is 3. The number of hydrogen-bond acceptors (Lipinski definition) is 7. The molecule has 0 saturated carbocycles. The number of carbonyl (C=O) groups is 2. The first-order chi connectivity index (χ1) is 16.6. The molecular formula is C25H20N4O3S2. The van der Waals surface area contributed by atoms with Crippen molar-refractivity contribution < 1.29 is 14.3 Å². The lowest BCUT2D eigenvalue weighted by molar-refractivity contribution is -0.114. The summed E-state index contributed by atoms with van der Waals surface area (Å²) in [6, 6.07) is 26.1. The first-order valence-electron chi connectivity index (χ1n) is 10.3. The number of ether oxygens (including phenoxy) is 1. The topological polar surface area (TPSA) is 93.2 Å². The van der Waals surface area contributed by atoms with E-state index in [-0.39, 0.29) is 17.6 Å². The van der Waals surface area contributed by atoms with Crippen LogP contribution < -0.4 is 15.4 Å². The fourth-order valence-corrected chi connectivity index (χ4v) is 4.31. The summed E-state index contributed by atoms with van der Waals surface area (Å²) in [5, 5.41) is 13.9. The molecule has 0 aliphatic heterocycles. The summed E-state index contributed by atoms with van der Waals surface area (Å²) < 4.78 is 6.33. The van der Waals surface area contributed by atoms with Crippen LogP contribution in [-0.4, -0.2) is 27.8 Å². The molecule has 34 heavy (non-hydrogen) atoms. The van der Waals surface area contributed by atoms with Crippen LogP contribution in [-0.2, 0) is 9.59 Å². The van der Waals surface area contributed by atoms with Gasteiger partial charge in [-0.3, -0.25) is 14.9 Å². The molecule has 3 aromatic carbocycles. The van der Waals surface area contributed by atoms with E-state index in [1.54, 1.807) is 30.3 Å². The highest BCUT2D eigenvalue weighted by Crippen LogP contribution is 2.26. The first-order valence-corrected chi connectivity index (χ1v) is 12.1. The highest BCUT2D eigenvalue weighted by atomic mass is 32.2. The van der Waals surface area contributed by atoms with Crippen molar-refractivity contribution in [2.45, 2.75) is 4.34 Å². The fraction of sp³-hybridized carbons (Fsp3) is 0.0400. The predicted octanol–water partition coefficient (Wildman–Crippen LogP) is 5.71. The third-order valence-corrected chi connectivity index (χ3v) is 6.28. The number of anilines is 2. The Kier molecular flexibility index (Phi) is 8.04. The van der Waals surface area contributed by atoms with Crippen LogP contribution in [0.2, 0.25) is 0 Å². The zero-order chi connectivity index (χ0) is 23.6. The lowest BCUT2D eigenvalue weighted by Crippen LogP contribution is -2.13. The molecule has 0 bridgehead atoms. The monoisotopic (exact) mass is 488 g/mol. The third kappa shape index (κ3) is 7.29. The van der Waals surface area contributed by atoms with Gasteiger partial charge in [0.05, 0.1) is 5.75 Å². The third-order valence-electron chi connectivity index (χ3n) is 4.31. The SMILES string of the molecule is O=C(C=Cc1ccccc1)Nc1nnc(SCC(=O)Nc2ccc(Oc3ccccc3)cc2)s1. The molecule has 0 aliphatic rings. The van der Waals surface area contributed by atoms with E-state index in [2.05, 4.69) is 20.8 Å². The summed E-state index contributed by atoms with van der Waals surface area (Å²) >= 11 is 2.46. The zero-order valence-electron chi connectivity index (χ0n) is 17.9. The van der Waals surface area contributed by atoms with Gasteiger partial charge in [-0.15, -0.1) is 10.2 Å². The van der Waals surface area contributed by atoms with Gasteiger partial charge in [0.25, 0.3) is 0 Å². The van der Waals surface area contributed by atoms with E-state index in [0.29, 0.717) is 20.9 Å². The minimum atomic E-state index is -0.297. The molecule has 170 valence electrons. The Morgan fingerprint density at radius 1 is 0.853 bits per heavy atom. The van der Waals surface area contributed by atoms with Gasteiger partial charge in [-0.25, -0.2) is 0 Å². The quantitative estimate of drug-likeness (QED) is 0.178. The van der Waals surface area contributed by atoms with Crippen molar-refractivity contribution in [3.63, 3.8) is 0 Å². The average Bonchev–Trinajstić information content (AvgIpc) is 3.31. The van der Waals surface area contributed by atoms with Gasteiger partial charge >= 0.3 is 0 Å². The maximum absolute atomic E-state index is 12.3. The molecule has 0 radical (unpaired) electrons. The Morgan fingerprint density at radius 3 is 2.26 bits per heavy atom. The molecule has 2 amide bonds. The molecular weight excluding hydrogens is 468 g/mol. The summed E-state index contributed by atoms with van der Waals surface area (Å²) in [4.78, 5) is 24.3. The summed E-state index contributed by atoms with van der Waals surface area (Å²) in [7, 11) is 0. The van der Waals surface area contributed by atoms with Gasteiger partial charge in [0.2, 0.25) is 16.9 Å². The van der Waals surface area contributed by atoms with Crippen LogP contribution in [0.15, 0.2) is 95.3 Å². The second kappa shape index (κ2) is 11.8. The number of nitrogens with one attached hydrogen (secondary N) is 2. The lowest BCUT2D eigenvalue weighted by atomic mass is 10.2. The number of rotatable bonds is 9. The Balaban J connectivity index is 1.21. The fourth-order valence-electron chi connectivity index (χ4n) is 2.76. The van der Waals surface area contributed by atoms with E-state index in [1.807, 2.05) is 60.7 Å². The minimum Gasteiger partial charge on any atom is -0.457 e. The highest BCUT2D eigenvalue weighted by Gasteiger charge is 2.10. The molecule has 9 heteroatoms. The van der Waals surface area contributed by atoms with Crippen LogP contribution in [0.25, 0.3) is 6.08 Å². The molecule has 0 aliphatic carbocycles. The van der Waals surface area contributed by atoms with Crippen LogP contribution in [0.4, 0.5) is 10.8 Å². The molecule has 0 fully saturated rings. The number of para-hydroxylation sites is 1. The van der Waals surface area contributed by atoms with Gasteiger partial charge in [0.1, 0.15) is 11.5 Å². The summed E-state index contributed by atoms with van der Waals surface area (Å²) in [6.45, 7) is 0. The molecule has 0 unspecified atom stereocenters. The van der Waals surface area contributed by atoms with E-state index in [1.165, 1.54) is 29.2 Å². The predicted molar refractivity (Wildman–Crippen MR) is 136 cm³/mol. The maximum Gasteiger partial charge on any atom is 0.250 e. The largest absolute Gasteiger partial charge is 0.457 e. The van der Waals surface area contributed by atoms with Crippen LogP contribution in [0.3, 0.4) is 0 Å². The van der Waals surface area contributed by atoms with Gasteiger partial charge in [0, 0.05) is 11.8 Å². The van der Waals surface area contributed by atoms with Crippen molar-refractivity contribution in [1.29, 1.82) is 0 Å². The maximum atomic E-state index is 12.3. The molecule has 4 aromatic rings. The van der Waals surface area contributed by atoms with E-state index in [0.717, 1.165) is 11.3 Å². The van der Waals surface area contributed by atoms with Crippen LogP contribution in [0, 0.1) is 0 Å². The number of nitrogens with zero attached hydrogens (tertiary/aromatic N) is 2. The van der Waals surface area contributed by atoms with Gasteiger partial charge in [-0.1, -0.05) is 71.6 Å². The Hall–Kier alpha value is -3.95. The van der Waals surface area contributed by atoms with Crippen molar-refractivity contribution >= 4 is 51.8 Å². The number of thioether (sulfide) groups is 1. The number of aromatic nitrogens is 2. The van der Waals surface area contributed by atoms with E-state index >= 15 is 0 Å². The normalized spacial score (nSPS) is 10.7. The number of hydrogen-bond donors (Lipinski definition) is 2. The second-order valence-electron chi connectivity index (χ2n) is 6.88. The van der Waals surface area contributed by atoms with Gasteiger partial charge in [-0.05, 0) is 48.0 Å². The molecule has 0 spiro atoms. The van der Waals surface area contributed by atoms with Crippen molar-refractivity contribution in [2.75, 3.05) is 16.4 Å².